The number of benzene rings is 1. The van der Waals surface area contributed by atoms with Crippen LogP contribution in [0.25, 0.3) is 11.0 Å². The lowest BCUT2D eigenvalue weighted by Crippen LogP contribution is -2.11. The van der Waals surface area contributed by atoms with Crippen molar-refractivity contribution in [1.29, 1.82) is 0 Å². The van der Waals surface area contributed by atoms with E-state index in [1.165, 1.54) is 11.3 Å². The minimum atomic E-state index is 0.0248. The maximum absolute atomic E-state index is 5.97. The molecule has 0 radical (unpaired) electrons. The summed E-state index contributed by atoms with van der Waals surface area (Å²) in [6, 6.07) is 7.65. The van der Waals surface area contributed by atoms with Crippen LogP contribution >= 0.6 is 11.3 Å². The van der Waals surface area contributed by atoms with Crippen LogP contribution < -0.4 is 11.1 Å². The fraction of sp³-hybridized carbons (Fsp3) is 0.267. The highest BCUT2D eigenvalue weighted by molar-refractivity contribution is 7.13. The number of nitrogens with one attached hydrogen (secondary N) is 1. The molecule has 0 bridgehead atoms. The van der Waals surface area contributed by atoms with E-state index in [1.807, 2.05) is 29.6 Å². The second-order valence-electron chi connectivity index (χ2n) is 5.86. The van der Waals surface area contributed by atoms with Gasteiger partial charge in [0.05, 0.1) is 16.7 Å². The molecule has 0 fully saturated rings. The monoisotopic (exact) mass is 299 g/mol. The summed E-state index contributed by atoms with van der Waals surface area (Å²) in [6.07, 6.45) is 0. The number of hydrogen-bond donors (Lipinski definition) is 2. The molecule has 0 saturated heterocycles. The lowest BCUT2D eigenvalue weighted by Gasteiger charge is -2.14. The summed E-state index contributed by atoms with van der Waals surface area (Å²) >= 11 is 1.54. The van der Waals surface area contributed by atoms with Crippen molar-refractivity contribution in [2.45, 2.75) is 26.2 Å². The fourth-order valence-corrected chi connectivity index (χ4v) is 2.82. The Morgan fingerprint density at radius 1 is 1.05 bits per heavy atom. The van der Waals surface area contributed by atoms with Crippen LogP contribution in [0.5, 0.6) is 0 Å². The molecule has 0 aliphatic heterocycles. The van der Waals surface area contributed by atoms with Gasteiger partial charge < -0.3 is 11.1 Å². The summed E-state index contributed by atoms with van der Waals surface area (Å²) in [7, 11) is 0. The van der Waals surface area contributed by atoms with Crippen molar-refractivity contribution >= 4 is 39.1 Å². The highest BCUT2D eigenvalue weighted by atomic mass is 32.1. The van der Waals surface area contributed by atoms with Crippen molar-refractivity contribution in [2.75, 3.05) is 11.1 Å². The number of anilines is 3. The predicted octanol–water partition coefficient (Wildman–Crippen LogP) is 3.71. The van der Waals surface area contributed by atoms with E-state index in [4.69, 9.17) is 5.73 Å². The Morgan fingerprint density at radius 3 is 2.33 bits per heavy atom. The molecule has 6 heteroatoms. The van der Waals surface area contributed by atoms with Crippen LogP contribution in [0.4, 0.5) is 16.8 Å². The molecule has 0 spiro atoms. The van der Waals surface area contributed by atoms with Gasteiger partial charge in [-0.05, 0) is 12.1 Å². The molecule has 2 aromatic heterocycles. The Balaban J connectivity index is 1.94. The third-order valence-electron chi connectivity index (χ3n) is 3.10. The van der Waals surface area contributed by atoms with Crippen molar-refractivity contribution in [3.05, 3.63) is 35.3 Å². The predicted molar refractivity (Wildman–Crippen MR) is 88.0 cm³/mol. The van der Waals surface area contributed by atoms with Gasteiger partial charge in [0, 0.05) is 10.8 Å². The zero-order chi connectivity index (χ0) is 15.0. The molecular formula is C15H17N5S. The van der Waals surface area contributed by atoms with Crippen LogP contribution in [0.3, 0.4) is 0 Å². The van der Waals surface area contributed by atoms with Crippen molar-refractivity contribution < 1.29 is 0 Å². The number of aromatic nitrogens is 3. The van der Waals surface area contributed by atoms with Crippen molar-refractivity contribution in [3.8, 4) is 0 Å². The number of nitrogens with two attached hydrogens (primary N) is 1. The highest BCUT2D eigenvalue weighted by Gasteiger charge is 2.18. The summed E-state index contributed by atoms with van der Waals surface area (Å²) in [5, 5.41) is 5.99. The van der Waals surface area contributed by atoms with Crippen LogP contribution in [0, 0.1) is 0 Å². The van der Waals surface area contributed by atoms with Gasteiger partial charge >= 0.3 is 0 Å². The maximum atomic E-state index is 5.97. The molecule has 0 unspecified atom stereocenters. The molecule has 1 aromatic carbocycles. The molecule has 0 saturated carbocycles. The largest absolute Gasteiger partial charge is 0.381 e. The standard InChI is InChI=1S/C15H17N5S/c1-15(2,3)11-8-21-14(19-11)20-13-12(16)17-9-6-4-5-7-10(9)18-13/h4-8H,1-3H3,(H2,16,17)(H,18,19,20). The first kappa shape index (κ1) is 13.8. The zero-order valence-corrected chi connectivity index (χ0v) is 13.0. The SMILES string of the molecule is CC(C)(C)c1csc(Nc2nc3ccccc3nc2N)n1. The summed E-state index contributed by atoms with van der Waals surface area (Å²) in [4.78, 5) is 13.4. The number of rotatable bonds is 2. The van der Waals surface area contributed by atoms with E-state index in [9.17, 15) is 0 Å². The van der Waals surface area contributed by atoms with Crippen LogP contribution in [0.15, 0.2) is 29.6 Å². The molecule has 2 heterocycles. The van der Waals surface area contributed by atoms with E-state index in [-0.39, 0.29) is 5.41 Å². The van der Waals surface area contributed by atoms with E-state index < -0.39 is 0 Å². The van der Waals surface area contributed by atoms with Gasteiger partial charge in [0.2, 0.25) is 0 Å². The molecule has 0 aliphatic carbocycles. The van der Waals surface area contributed by atoms with Crippen molar-refractivity contribution in [1.82, 2.24) is 15.0 Å². The Morgan fingerprint density at radius 2 is 1.71 bits per heavy atom. The first-order chi connectivity index (χ1) is 9.93. The minimum Gasteiger partial charge on any atom is -0.381 e. The molecule has 0 aliphatic rings. The molecule has 0 atom stereocenters. The number of thiazole rings is 1. The van der Waals surface area contributed by atoms with Crippen LogP contribution in [-0.4, -0.2) is 15.0 Å². The summed E-state index contributed by atoms with van der Waals surface area (Å²) in [6.45, 7) is 6.40. The summed E-state index contributed by atoms with van der Waals surface area (Å²) in [5.74, 6) is 0.921. The van der Waals surface area contributed by atoms with Crippen LogP contribution in [-0.2, 0) is 5.41 Å². The van der Waals surface area contributed by atoms with Gasteiger partial charge in [-0.3, -0.25) is 0 Å². The number of para-hydroxylation sites is 2. The molecule has 5 nitrogen and oxygen atoms in total. The topological polar surface area (TPSA) is 76.7 Å². The van der Waals surface area contributed by atoms with Crippen molar-refractivity contribution in [3.63, 3.8) is 0 Å². The Labute approximate surface area is 127 Å². The lowest BCUT2D eigenvalue weighted by atomic mass is 9.93. The molecule has 3 aromatic rings. The number of nitrogens with zero attached hydrogens (tertiary/aromatic N) is 3. The van der Waals surface area contributed by atoms with Gasteiger partial charge in [-0.2, -0.15) is 0 Å². The quantitative estimate of drug-likeness (QED) is 0.754. The van der Waals surface area contributed by atoms with E-state index in [0.717, 1.165) is 21.9 Å². The summed E-state index contributed by atoms with van der Waals surface area (Å²) < 4.78 is 0. The fourth-order valence-electron chi connectivity index (χ4n) is 1.88. The zero-order valence-electron chi connectivity index (χ0n) is 12.2. The van der Waals surface area contributed by atoms with Gasteiger partial charge in [0.15, 0.2) is 16.8 Å². The second-order valence-corrected chi connectivity index (χ2v) is 6.72. The van der Waals surface area contributed by atoms with Gasteiger partial charge in [-0.25, -0.2) is 15.0 Å². The van der Waals surface area contributed by atoms with Gasteiger partial charge in [-0.1, -0.05) is 32.9 Å². The van der Waals surface area contributed by atoms with Crippen molar-refractivity contribution in [2.24, 2.45) is 0 Å². The first-order valence-corrected chi connectivity index (χ1v) is 7.57. The average Bonchev–Trinajstić information content (AvgIpc) is 2.88. The van der Waals surface area contributed by atoms with Crippen LogP contribution in [0.1, 0.15) is 26.5 Å². The smallest absolute Gasteiger partial charge is 0.188 e. The molecule has 3 rings (SSSR count). The normalized spacial score (nSPS) is 11.8. The van der Waals surface area contributed by atoms with Gasteiger partial charge in [0.1, 0.15) is 0 Å². The van der Waals surface area contributed by atoms with Gasteiger partial charge in [0.25, 0.3) is 0 Å². The third kappa shape index (κ3) is 2.80. The molecular weight excluding hydrogens is 282 g/mol. The number of hydrogen-bond acceptors (Lipinski definition) is 6. The highest BCUT2D eigenvalue weighted by Crippen LogP contribution is 2.29. The third-order valence-corrected chi connectivity index (χ3v) is 3.85. The Bertz CT molecular complexity index is 788. The average molecular weight is 299 g/mol. The van der Waals surface area contributed by atoms with E-state index in [2.05, 4.69) is 41.0 Å². The molecule has 108 valence electrons. The molecule has 0 amide bonds. The molecule has 3 N–H and O–H groups in total. The van der Waals surface area contributed by atoms with E-state index >= 15 is 0 Å². The van der Waals surface area contributed by atoms with Gasteiger partial charge in [-0.15, -0.1) is 11.3 Å². The first-order valence-electron chi connectivity index (χ1n) is 6.69. The molecule has 21 heavy (non-hydrogen) atoms. The second kappa shape index (κ2) is 4.96. The van der Waals surface area contributed by atoms with Crippen LogP contribution in [0.2, 0.25) is 0 Å². The minimum absolute atomic E-state index is 0.0248. The number of nitrogen functional groups attached to an aromatic ring is 1. The van der Waals surface area contributed by atoms with E-state index in [1.54, 1.807) is 0 Å². The lowest BCUT2D eigenvalue weighted by molar-refractivity contribution is 0.573. The summed E-state index contributed by atoms with van der Waals surface area (Å²) in [5.41, 5.74) is 8.63. The number of fused-ring (bicyclic) bond motifs is 1. The van der Waals surface area contributed by atoms with E-state index in [0.29, 0.717) is 11.6 Å². The maximum Gasteiger partial charge on any atom is 0.188 e. The Kier molecular flexibility index (Phi) is 3.25. The Hall–Kier alpha value is -2.21.